The maximum atomic E-state index is 12.0. The van der Waals surface area contributed by atoms with Gasteiger partial charge in [-0.2, -0.15) is 0 Å². The third kappa shape index (κ3) is 4.21. The van der Waals surface area contributed by atoms with Gasteiger partial charge in [-0.25, -0.2) is 0 Å². The Bertz CT molecular complexity index is 600. The summed E-state index contributed by atoms with van der Waals surface area (Å²) in [5.41, 5.74) is 7.76. The Morgan fingerprint density at radius 2 is 2.19 bits per heavy atom. The fourth-order valence-corrected chi connectivity index (χ4v) is 1.91. The number of ether oxygens (including phenoxy) is 1. The second-order valence-electron chi connectivity index (χ2n) is 4.53. The van der Waals surface area contributed by atoms with E-state index in [1.165, 1.54) is 0 Å². The first-order chi connectivity index (χ1) is 10.2. The SMILES string of the molecule is CCNC(=O)c1ccc(N)cc1OCCc1ccccn1. The number of carbonyl (C=O) groups excluding carboxylic acids is 1. The zero-order valence-corrected chi connectivity index (χ0v) is 12.0. The van der Waals surface area contributed by atoms with E-state index in [0.29, 0.717) is 36.6 Å². The topological polar surface area (TPSA) is 77.2 Å². The number of anilines is 1. The minimum absolute atomic E-state index is 0.162. The molecule has 0 saturated carbocycles. The third-order valence-electron chi connectivity index (χ3n) is 2.93. The van der Waals surface area contributed by atoms with Crippen LogP contribution in [0.4, 0.5) is 5.69 Å². The van der Waals surface area contributed by atoms with Gasteiger partial charge in [-0.05, 0) is 31.2 Å². The number of nitrogens with two attached hydrogens (primary N) is 1. The van der Waals surface area contributed by atoms with Crippen LogP contribution in [-0.4, -0.2) is 24.0 Å². The van der Waals surface area contributed by atoms with Gasteiger partial charge in [0.1, 0.15) is 5.75 Å². The quantitative estimate of drug-likeness (QED) is 0.796. The van der Waals surface area contributed by atoms with Crippen molar-refractivity contribution in [3.63, 3.8) is 0 Å². The van der Waals surface area contributed by atoms with Gasteiger partial charge in [-0.1, -0.05) is 6.07 Å². The molecule has 1 aromatic carbocycles. The van der Waals surface area contributed by atoms with Gasteiger partial charge < -0.3 is 15.8 Å². The Hall–Kier alpha value is -2.56. The number of rotatable bonds is 6. The zero-order chi connectivity index (χ0) is 15.1. The molecule has 0 aliphatic heterocycles. The van der Waals surface area contributed by atoms with Crippen molar-refractivity contribution in [1.82, 2.24) is 10.3 Å². The fourth-order valence-electron chi connectivity index (χ4n) is 1.91. The highest BCUT2D eigenvalue weighted by molar-refractivity contribution is 5.97. The van der Waals surface area contributed by atoms with Crippen LogP contribution in [0, 0.1) is 0 Å². The Labute approximate surface area is 124 Å². The predicted molar refractivity (Wildman–Crippen MR) is 82.3 cm³/mol. The van der Waals surface area contributed by atoms with E-state index in [0.717, 1.165) is 5.69 Å². The molecule has 0 bridgehead atoms. The van der Waals surface area contributed by atoms with Gasteiger partial charge in [0, 0.05) is 36.6 Å². The molecule has 5 heteroatoms. The standard InChI is InChI=1S/C16H19N3O2/c1-2-18-16(20)14-7-6-12(17)11-15(14)21-10-8-13-5-3-4-9-19-13/h3-7,9,11H,2,8,10,17H2,1H3,(H,18,20). The Morgan fingerprint density at radius 1 is 1.33 bits per heavy atom. The van der Waals surface area contributed by atoms with Crippen LogP contribution in [0.15, 0.2) is 42.6 Å². The van der Waals surface area contributed by atoms with E-state index in [4.69, 9.17) is 10.5 Å². The summed E-state index contributed by atoms with van der Waals surface area (Å²) in [6, 6.07) is 10.8. The van der Waals surface area contributed by atoms with E-state index in [-0.39, 0.29) is 5.91 Å². The number of amides is 1. The average Bonchev–Trinajstić information content (AvgIpc) is 2.49. The molecular weight excluding hydrogens is 266 g/mol. The normalized spacial score (nSPS) is 10.1. The number of nitrogens with one attached hydrogen (secondary N) is 1. The Balaban J connectivity index is 2.04. The van der Waals surface area contributed by atoms with E-state index in [9.17, 15) is 4.79 Å². The van der Waals surface area contributed by atoms with Gasteiger partial charge in [0.25, 0.3) is 5.91 Å². The number of pyridine rings is 1. The highest BCUT2D eigenvalue weighted by Gasteiger charge is 2.12. The molecular formula is C16H19N3O2. The highest BCUT2D eigenvalue weighted by atomic mass is 16.5. The van der Waals surface area contributed by atoms with Gasteiger partial charge in [0.2, 0.25) is 0 Å². The summed E-state index contributed by atoms with van der Waals surface area (Å²) < 4.78 is 5.71. The summed E-state index contributed by atoms with van der Waals surface area (Å²) in [6.45, 7) is 2.88. The van der Waals surface area contributed by atoms with Crippen molar-refractivity contribution in [2.24, 2.45) is 0 Å². The van der Waals surface area contributed by atoms with Crippen molar-refractivity contribution in [3.8, 4) is 5.75 Å². The highest BCUT2D eigenvalue weighted by Crippen LogP contribution is 2.22. The van der Waals surface area contributed by atoms with E-state index in [2.05, 4.69) is 10.3 Å². The van der Waals surface area contributed by atoms with Crippen LogP contribution < -0.4 is 15.8 Å². The summed E-state index contributed by atoms with van der Waals surface area (Å²) in [5.74, 6) is 0.335. The van der Waals surface area contributed by atoms with Gasteiger partial charge >= 0.3 is 0 Å². The molecule has 1 heterocycles. The van der Waals surface area contributed by atoms with E-state index in [1.54, 1.807) is 24.4 Å². The molecule has 0 unspecified atom stereocenters. The molecule has 110 valence electrons. The van der Waals surface area contributed by atoms with Crippen LogP contribution in [0.5, 0.6) is 5.75 Å². The molecule has 0 atom stereocenters. The lowest BCUT2D eigenvalue weighted by Gasteiger charge is -2.12. The van der Waals surface area contributed by atoms with E-state index < -0.39 is 0 Å². The van der Waals surface area contributed by atoms with E-state index in [1.807, 2.05) is 25.1 Å². The monoisotopic (exact) mass is 285 g/mol. The molecule has 1 amide bonds. The molecule has 0 radical (unpaired) electrons. The number of nitrogen functional groups attached to an aromatic ring is 1. The lowest BCUT2D eigenvalue weighted by Crippen LogP contribution is -2.23. The van der Waals surface area contributed by atoms with Crippen LogP contribution in [0.3, 0.4) is 0 Å². The molecule has 3 N–H and O–H groups in total. The second-order valence-corrected chi connectivity index (χ2v) is 4.53. The van der Waals surface area contributed by atoms with Crippen LogP contribution in [-0.2, 0) is 6.42 Å². The lowest BCUT2D eigenvalue weighted by molar-refractivity contribution is 0.0952. The minimum atomic E-state index is -0.162. The first kappa shape index (κ1) is 14.8. The molecule has 21 heavy (non-hydrogen) atoms. The molecule has 0 aliphatic rings. The van der Waals surface area contributed by atoms with Gasteiger partial charge in [0.15, 0.2) is 0 Å². The smallest absolute Gasteiger partial charge is 0.255 e. The summed E-state index contributed by atoms with van der Waals surface area (Å²) in [4.78, 5) is 16.2. The summed E-state index contributed by atoms with van der Waals surface area (Å²) in [5, 5.41) is 2.76. The van der Waals surface area contributed by atoms with Crippen LogP contribution in [0.25, 0.3) is 0 Å². The van der Waals surface area contributed by atoms with E-state index >= 15 is 0 Å². The van der Waals surface area contributed by atoms with Crippen molar-refractivity contribution < 1.29 is 9.53 Å². The van der Waals surface area contributed by atoms with Crippen LogP contribution >= 0.6 is 0 Å². The number of aromatic nitrogens is 1. The maximum Gasteiger partial charge on any atom is 0.255 e. The number of hydrogen-bond acceptors (Lipinski definition) is 4. The first-order valence-electron chi connectivity index (χ1n) is 6.91. The minimum Gasteiger partial charge on any atom is -0.492 e. The first-order valence-corrected chi connectivity index (χ1v) is 6.91. The summed E-state index contributed by atoms with van der Waals surface area (Å²) in [7, 11) is 0. The summed E-state index contributed by atoms with van der Waals surface area (Å²) >= 11 is 0. The number of benzene rings is 1. The largest absolute Gasteiger partial charge is 0.492 e. The van der Waals surface area contributed by atoms with Gasteiger partial charge in [-0.15, -0.1) is 0 Å². The average molecular weight is 285 g/mol. The molecule has 2 rings (SSSR count). The van der Waals surface area contributed by atoms with Gasteiger partial charge in [0.05, 0.1) is 12.2 Å². The van der Waals surface area contributed by atoms with Gasteiger partial charge in [-0.3, -0.25) is 9.78 Å². The lowest BCUT2D eigenvalue weighted by atomic mass is 10.1. The summed E-state index contributed by atoms with van der Waals surface area (Å²) in [6.07, 6.45) is 2.42. The fraction of sp³-hybridized carbons (Fsp3) is 0.250. The second kappa shape index (κ2) is 7.28. The molecule has 0 saturated heterocycles. The maximum absolute atomic E-state index is 12.0. The number of hydrogen-bond donors (Lipinski definition) is 2. The molecule has 1 aromatic heterocycles. The van der Waals surface area contributed by atoms with Crippen LogP contribution in [0.1, 0.15) is 23.0 Å². The van der Waals surface area contributed by atoms with Crippen molar-refractivity contribution >= 4 is 11.6 Å². The molecule has 0 spiro atoms. The van der Waals surface area contributed by atoms with Crippen molar-refractivity contribution in [1.29, 1.82) is 0 Å². The Morgan fingerprint density at radius 3 is 2.90 bits per heavy atom. The predicted octanol–water partition coefficient (Wildman–Crippen LogP) is 2.04. The van der Waals surface area contributed by atoms with Crippen LogP contribution in [0.2, 0.25) is 0 Å². The number of carbonyl (C=O) groups is 1. The van der Waals surface area contributed by atoms with Crippen molar-refractivity contribution in [2.75, 3.05) is 18.9 Å². The Kier molecular flexibility index (Phi) is 5.15. The molecule has 2 aromatic rings. The molecule has 0 aliphatic carbocycles. The third-order valence-corrected chi connectivity index (χ3v) is 2.93. The van der Waals surface area contributed by atoms with Crippen molar-refractivity contribution in [2.45, 2.75) is 13.3 Å². The number of nitrogens with zero attached hydrogens (tertiary/aromatic N) is 1. The molecule has 0 fully saturated rings. The molecule has 5 nitrogen and oxygen atoms in total. The van der Waals surface area contributed by atoms with Crippen molar-refractivity contribution in [3.05, 3.63) is 53.9 Å². The zero-order valence-electron chi connectivity index (χ0n) is 12.0.